The molecule has 0 atom stereocenters. The molecule has 0 radical (unpaired) electrons. The Labute approximate surface area is 134 Å². The first-order valence-corrected chi connectivity index (χ1v) is 8.18. The predicted octanol–water partition coefficient (Wildman–Crippen LogP) is 4.34. The van der Waals surface area contributed by atoms with Gasteiger partial charge in [-0.15, -0.1) is 13.2 Å². The maximum atomic E-state index is 12.6. The number of diazo groups is 1. The van der Waals surface area contributed by atoms with Crippen molar-refractivity contribution in [3.05, 3.63) is 77.6 Å². The molecule has 0 aromatic heterocycles. The van der Waals surface area contributed by atoms with Gasteiger partial charge >= 0.3 is 19.0 Å². The van der Waals surface area contributed by atoms with Gasteiger partial charge in [-0.3, -0.25) is 9.05 Å². The van der Waals surface area contributed by atoms with Gasteiger partial charge in [0.2, 0.25) is 5.39 Å². The number of aliphatic hydroxyl groups excluding tert-OH is 1. The van der Waals surface area contributed by atoms with Gasteiger partial charge in [-0.05, 0) is 5.56 Å². The fraction of sp³-hybridized carbons (Fsp3) is 0.200. The van der Waals surface area contributed by atoms with E-state index in [1.54, 1.807) is 24.3 Å². The van der Waals surface area contributed by atoms with Crippen LogP contribution in [0, 0.1) is 5.39 Å². The zero-order valence-corrected chi connectivity index (χ0v) is 13.4. The molecule has 0 aliphatic rings. The lowest BCUT2D eigenvalue weighted by Gasteiger charge is -2.11. The SMILES string of the molecule is C=CCOP(=O)(OCC=C)/C([N+]#N)=C(/O)OCc1ccccc1. The Bertz CT molecular complexity index is 636. The fourth-order valence-corrected chi connectivity index (χ4v) is 2.80. The highest BCUT2D eigenvalue weighted by Crippen LogP contribution is 2.57. The molecule has 1 aromatic rings. The van der Waals surface area contributed by atoms with E-state index in [2.05, 4.69) is 18.1 Å². The largest absolute Gasteiger partial charge is 0.548 e. The van der Waals surface area contributed by atoms with E-state index in [9.17, 15) is 9.67 Å². The standard InChI is InChI=1S/C15H17N2O5P/c1-3-10-21-23(19,22-11-4-2)14(17-16)15(18)20-12-13-8-6-5-7-9-13/h3-9H,1-2,10-12H2/p+1. The maximum Gasteiger partial charge on any atom is 0.548 e. The second-order valence-corrected chi connectivity index (χ2v) is 6.10. The summed E-state index contributed by atoms with van der Waals surface area (Å²) in [6, 6.07) is 8.95. The number of hydrogen-bond acceptors (Lipinski definition) is 6. The molecule has 7 nitrogen and oxygen atoms in total. The third kappa shape index (κ3) is 5.72. The summed E-state index contributed by atoms with van der Waals surface area (Å²) in [6.07, 6.45) is 2.67. The van der Waals surface area contributed by atoms with Crippen LogP contribution < -0.4 is 0 Å². The second-order valence-electron chi connectivity index (χ2n) is 4.17. The van der Waals surface area contributed by atoms with Gasteiger partial charge in [0.1, 0.15) is 6.61 Å². The lowest BCUT2D eigenvalue weighted by Crippen LogP contribution is -2.03. The third-order valence-electron chi connectivity index (χ3n) is 2.49. The molecule has 1 N–H and O–H groups in total. The highest BCUT2D eigenvalue weighted by atomic mass is 31.2. The molecule has 0 aliphatic heterocycles. The molecular formula is C15H18N2O5P+. The van der Waals surface area contributed by atoms with Gasteiger partial charge in [-0.25, -0.2) is 4.57 Å². The van der Waals surface area contributed by atoms with Gasteiger partial charge in [0.15, 0.2) is 4.98 Å². The molecule has 1 rings (SSSR count). The van der Waals surface area contributed by atoms with Gasteiger partial charge in [0, 0.05) is 0 Å². The molecule has 23 heavy (non-hydrogen) atoms. The van der Waals surface area contributed by atoms with Crippen LogP contribution in [0.4, 0.5) is 0 Å². The molecule has 0 bridgehead atoms. The highest BCUT2D eigenvalue weighted by Gasteiger charge is 2.47. The van der Waals surface area contributed by atoms with E-state index < -0.39 is 19.0 Å². The van der Waals surface area contributed by atoms with Gasteiger partial charge < -0.3 is 9.84 Å². The topological polar surface area (TPSA) is 93.1 Å². The predicted molar refractivity (Wildman–Crippen MR) is 85.9 cm³/mol. The van der Waals surface area contributed by atoms with E-state index in [4.69, 9.17) is 19.2 Å². The summed E-state index contributed by atoms with van der Waals surface area (Å²) in [7, 11) is -4.09. The van der Waals surface area contributed by atoms with Crippen LogP contribution in [0.3, 0.4) is 0 Å². The van der Waals surface area contributed by atoms with Crippen molar-refractivity contribution in [2.24, 2.45) is 0 Å². The quantitative estimate of drug-likeness (QED) is 0.295. The van der Waals surface area contributed by atoms with Crippen LogP contribution in [-0.2, 0) is 25.0 Å². The molecule has 0 amide bonds. The lowest BCUT2D eigenvalue weighted by atomic mass is 10.2. The molecule has 8 heteroatoms. The molecule has 0 heterocycles. The van der Waals surface area contributed by atoms with Crippen molar-refractivity contribution < 1.29 is 23.5 Å². The zero-order chi connectivity index (χ0) is 17.1. The Morgan fingerprint density at radius 3 is 2.26 bits per heavy atom. The number of rotatable bonds is 10. The van der Waals surface area contributed by atoms with Crippen molar-refractivity contribution in [3.8, 4) is 0 Å². The van der Waals surface area contributed by atoms with Crippen molar-refractivity contribution in [2.45, 2.75) is 6.61 Å². The molecule has 0 saturated heterocycles. The Morgan fingerprint density at radius 2 is 1.78 bits per heavy atom. The second kappa shape index (κ2) is 9.59. The fourth-order valence-electron chi connectivity index (χ4n) is 1.47. The van der Waals surface area contributed by atoms with Gasteiger partial charge in [-0.1, -0.05) is 42.5 Å². The van der Waals surface area contributed by atoms with Crippen LogP contribution in [0.25, 0.3) is 4.98 Å². The Morgan fingerprint density at radius 1 is 1.22 bits per heavy atom. The van der Waals surface area contributed by atoms with Gasteiger partial charge in [0.05, 0.1) is 13.2 Å². The highest BCUT2D eigenvalue weighted by molar-refractivity contribution is 7.58. The summed E-state index contributed by atoms with van der Waals surface area (Å²) in [5.41, 5.74) is 0.0299. The minimum Gasteiger partial charge on any atom is -0.475 e. The van der Waals surface area contributed by atoms with Gasteiger partial charge in [0.25, 0.3) is 0 Å². The normalized spacial score (nSPS) is 12.0. The van der Waals surface area contributed by atoms with Crippen LogP contribution in [0.5, 0.6) is 0 Å². The summed E-state index contributed by atoms with van der Waals surface area (Å²) >= 11 is 0. The Kier molecular flexibility index (Phi) is 7.78. The number of hydrogen-bond donors (Lipinski definition) is 1. The minimum atomic E-state index is -4.09. The molecule has 0 saturated carbocycles. The molecule has 1 aromatic carbocycles. The maximum absolute atomic E-state index is 12.6. The number of nitrogens with zero attached hydrogens (tertiary/aromatic N) is 2. The third-order valence-corrected chi connectivity index (χ3v) is 4.27. The average molecular weight is 337 g/mol. The molecular weight excluding hydrogens is 319 g/mol. The van der Waals surface area contributed by atoms with Crippen LogP contribution in [0.1, 0.15) is 5.56 Å². The van der Waals surface area contributed by atoms with E-state index in [-0.39, 0.29) is 19.8 Å². The molecule has 0 aliphatic carbocycles. The summed E-state index contributed by atoms with van der Waals surface area (Å²) in [6.45, 7) is 6.55. The van der Waals surface area contributed by atoms with E-state index >= 15 is 0 Å². The minimum absolute atomic E-state index is 0.0192. The first-order chi connectivity index (χ1) is 11.1. The van der Waals surface area contributed by atoms with Crippen molar-refractivity contribution in [3.63, 3.8) is 0 Å². The first-order valence-electron chi connectivity index (χ1n) is 6.64. The van der Waals surface area contributed by atoms with Gasteiger partial charge in [-0.2, -0.15) is 0 Å². The average Bonchev–Trinajstić information content (AvgIpc) is 2.58. The van der Waals surface area contributed by atoms with Crippen molar-refractivity contribution in [2.75, 3.05) is 13.2 Å². The number of benzene rings is 1. The number of aliphatic hydroxyl groups is 1. The molecule has 122 valence electrons. The van der Waals surface area contributed by atoms with Crippen molar-refractivity contribution in [1.82, 2.24) is 0 Å². The monoisotopic (exact) mass is 337 g/mol. The smallest absolute Gasteiger partial charge is 0.475 e. The zero-order valence-electron chi connectivity index (χ0n) is 12.5. The van der Waals surface area contributed by atoms with E-state index in [1.807, 2.05) is 6.07 Å². The van der Waals surface area contributed by atoms with Crippen molar-refractivity contribution in [1.29, 1.82) is 5.39 Å². The summed E-state index contributed by atoms with van der Waals surface area (Å²) in [4.78, 5) is 2.80. The Hall–Kier alpha value is -2.39. The first kappa shape index (κ1) is 18.7. The summed E-state index contributed by atoms with van der Waals surface area (Å²) < 4.78 is 27.8. The number of ether oxygens (including phenoxy) is 1. The van der Waals surface area contributed by atoms with Crippen LogP contribution in [-0.4, -0.2) is 18.3 Å². The van der Waals surface area contributed by atoms with Crippen LogP contribution >= 0.6 is 7.60 Å². The molecule has 0 fully saturated rings. The summed E-state index contributed by atoms with van der Waals surface area (Å²) in [5.74, 6) is -0.854. The summed E-state index contributed by atoms with van der Waals surface area (Å²) in [5, 5.41) is 19.0. The van der Waals surface area contributed by atoms with Crippen LogP contribution in [0.2, 0.25) is 0 Å². The molecule has 0 spiro atoms. The van der Waals surface area contributed by atoms with E-state index in [0.29, 0.717) is 0 Å². The van der Waals surface area contributed by atoms with Crippen LogP contribution in [0.15, 0.2) is 67.0 Å². The van der Waals surface area contributed by atoms with Crippen molar-refractivity contribution >= 4 is 7.60 Å². The molecule has 0 unspecified atom stereocenters. The lowest BCUT2D eigenvalue weighted by molar-refractivity contribution is 0.0799. The Balaban J connectivity index is 2.98. The van der Waals surface area contributed by atoms with E-state index in [1.165, 1.54) is 12.2 Å². The van der Waals surface area contributed by atoms with E-state index in [0.717, 1.165) is 5.56 Å².